The van der Waals surface area contributed by atoms with E-state index in [0.29, 0.717) is 25.5 Å². The Morgan fingerprint density at radius 3 is 2.75 bits per heavy atom. The highest BCUT2D eigenvalue weighted by Crippen LogP contribution is 2.14. The number of rotatable bonds is 8. The van der Waals surface area contributed by atoms with Crippen LogP contribution in [0.5, 0.6) is 0 Å². The summed E-state index contributed by atoms with van der Waals surface area (Å²) in [4.78, 5) is 20.0. The van der Waals surface area contributed by atoms with Gasteiger partial charge in [-0.3, -0.25) is 4.79 Å². The molecule has 0 atom stereocenters. The molecule has 0 bridgehead atoms. The second-order valence-electron chi connectivity index (χ2n) is 5.52. The highest BCUT2D eigenvalue weighted by atomic mass is 16.1. The second kappa shape index (κ2) is 8.10. The van der Waals surface area contributed by atoms with Crippen molar-refractivity contribution in [2.24, 2.45) is 0 Å². The van der Waals surface area contributed by atoms with Gasteiger partial charge >= 0.3 is 0 Å². The van der Waals surface area contributed by atoms with Crippen LogP contribution >= 0.6 is 0 Å². The summed E-state index contributed by atoms with van der Waals surface area (Å²) in [6.45, 7) is 2.09. The van der Waals surface area contributed by atoms with E-state index in [-0.39, 0.29) is 5.91 Å². The van der Waals surface area contributed by atoms with Crippen molar-refractivity contribution in [1.29, 1.82) is 0 Å². The second-order valence-corrected chi connectivity index (χ2v) is 5.52. The number of benzene rings is 1. The number of carbonyl (C=O) groups excluding carboxylic acids is 1. The van der Waals surface area contributed by atoms with Crippen molar-refractivity contribution < 1.29 is 4.79 Å². The van der Waals surface area contributed by atoms with Gasteiger partial charge in [-0.05, 0) is 30.0 Å². The molecular weight excluding hydrogens is 302 g/mol. The molecule has 6 nitrogen and oxygen atoms in total. The van der Waals surface area contributed by atoms with Gasteiger partial charge in [-0.15, -0.1) is 0 Å². The third-order valence-corrected chi connectivity index (χ3v) is 3.78. The lowest BCUT2D eigenvalue weighted by molar-refractivity contribution is -0.121. The minimum Gasteiger partial charge on any atom is -0.354 e. The molecule has 0 aliphatic rings. The van der Waals surface area contributed by atoms with Crippen LogP contribution in [0.25, 0.3) is 10.9 Å². The molecular formula is C18H21N5O. The Morgan fingerprint density at radius 2 is 1.88 bits per heavy atom. The number of hydrogen-bond donors (Lipinski definition) is 2. The first kappa shape index (κ1) is 16.0. The topological polar surface area (TPSA) is 71.8 Å². The van der Waals surface area contributed by atoms with Crippen LogP contribution in [-0.2, 0) is 11.3 Å². The molecule has 0 fully saturated rings. The minimum absolute atomic E-state index is 0.0715. The zero-order chi connectivity index (χ0) is 16.6. The molecule has 0 aliphatic carbocycles. The van der Waals surface area contributed by atoms with Crippen molar-refractivity contribution in [2.45, 2.75) is 19.4 Å². The number of carbonyl (C=O) groups is 1. The van der Waals surface area contributed by atoms with E-state index in [4.69, 9.17) is 0 Å². The largest absolute Gasteiger partial charge is 0.354 e. The number of hydrogen-bond acceptors (Lipinski definition) is 4. The predicted molar refractivity (Wildman–Crippen MR) is 94.7 cm³/mol. The molecule has 0 saturated carbocycles. The fourth-order valence-electron chi connectivity index (χ4n) is 2.58. The third-order valence-electron chi connectivity index (χ3n) is 3.78. The smallest absolute Gasteiger partial charge is 0.222 e. The summed E-state index contributed by atoms with van der Waals surface area (Å²) in [5, 5.41) is 7.28. The molecule has 0 spiro atoms. The zero-order valence-corrected chi connectivity index (χ0v) is 13.5. The minimum atomic E-state index is 0.0715. The van der Waals surface area contributed by atoms with E-state index >= 15 is 0 Å². The monoisotopic (exact) mass is 323 g/mol. The van der Waals surface area contributed by atoms with Gasteiger partial charge in [0.05, 0.1) is 0 Å². The van der Waals surface area contributed by atoms with Crippen LogP contribution in [0, 0.1) is 0 Å². The lowest BCUT2D eigenvalue weighted by atomic mass is 10.2. The van der Waals surface area contributed by atoms with Crippen molar-refractivity contribution in [3.63, 3.8) is 0 Å². The van der Waals surface area contributed by atoms with Crippen molar-refractivity contribution in [3.8, 4) is 0 Å². The van der Waals surface area contributed by atoms with Gasteiger partial charge < -0.3 is 15.2 Å². The van der Waals surface area contributed by atoms with Gasteiger partial charge in [0.25, 0.3) is 0 Å². The van der Waals surface area contributed by atoms with Gasteiger partial charge in [-0.2, -0.15) is 0 Å². The first-order chi connectivity index (χ1) is 11.8. The maximum absolute atomic E-state index is 11.9. The Hall–Kier alpha value is -2.89. The Kier molecular flexibility index (Phi) is 5.40. The fraction of sp³-hybridized carbons (Fsp3) is 0.278. The quantitative estimate of drug-likeness (QED) is 0.625. The lowest BCUT2D eigenvalue weighted by Crippen LogP contribution is -2.27. The number of aromatic nitrogens is 3. The summed E-state index contributed by atoms with van der Waals surface area (Å²) in [5.74, 6) is 0.666. The number of para-hydroxylation sites is 1. The highest BCUT2D eigenvalue weighted by Gasteiger charge is 2.03. The zero-order valence-electron chi connectivity index (χ0n) is 13.5. The van der Waals surface area contributed by atoms with Crippen LogP contribution in [0.4, 0.5) is 5.95 Å². The Bertz CT molecular complexity index is 784. The Labute approximate surface area is 140 Å². The summed E-state index contributed by atoms with van der Waals surface area (Å²) in [5.41, 5.74) is 1.19. The van der Waals surface area contributed by atoms with Crippen molar-refractivity contribution in [3.05, 3.63) is 55.0 Å². The van der Waals surface area contributed by atoms with E-state index in [2.05, 4.69) is 49.6 Å². The molecule has 2 aromatic heterocycles. The molecule has 24 heavy (non-hydrogen) atoms. The highest BCUT2D eigenvalue weighted by molar-refractivity contribution is 5.80. The number of nitrogens with one attached hydrogen (secondary N) is 2. The third kappa shape index (κ3) is 4.32. The molecule has 124 valence electrons. The van der Waals surface area contributed by atoms with Crippen LogP contribution in [0.15, 0.2) is 55.0 Å². The van der Waals surface area contributed by atoms with E-state index in [0.717, 1.165) is 13.0 Å². The first-order valence-corrected chi connectivity index (χ1v) is 8.14. The van der Waals surface area contributed by atoms with E-state index in [1.807, 2.05) is 12.1 Å². The molecule has 0 saturated heterocycles. The molecule has 2 heterocycles. The van der Waals surface area contributed by atoms with Crippen molar-refractivity contribution >= 4 is 22.8 Å². The molecule has 0 radical (unpaired) electrons. The number of amides is 1. The maximum atomic E-state index is 11.9. The average Bonchev–Trinajstić information content (AvgIpc) is 3.03. The lowest BCUT2D eigenvalue weighted by Gasteiger charge is -2.08. The van der Waals surface area contributed by atoms with E-state index in [9.17, 15) is 4.79 Å². The Balaban J connectivity index is 1.34. The van der Waals surface area contributed by atoms with Gasteiger partial charge in [-0.1, -0.05) is 18.2 Å². The predicted octanol–water partition coefficient (Wildman–Crippen LogP) is 2.44. The number of nitrogens with zero attached hydrogens (tertiary/aromatic N) is 3. The first-order valence-electron chi connectivity index (χ1n) is 8.14. The number of anilines is 1. The van der Waals surface area contributed by atoms with E-state index < -0.39 is 0 Å². The van der Waals surface area contributed by atoms with Crippen LogP contribution in [0.1, 0.15) is 12.8 Å². The molecule has 3 rings (SSSR count). The summed E-state index contributed by atoms with van der Waals surface area (Å²) in [7, 11) is 0. The normalized spacial score (nSPS) is 10.7. The summed E-state index contributed by atoms with van der Waals surface area (Å²) >= 11 is 0. The van der Waals surface area contributed by atoms with E-state index in [1.54, 1.807) is 18.5 Å². The van der Waals surface area contributed by atoms with Gasteiger partial charge in [0.15, 0.2) is 0 Å². The number of fused-ring (bicyclic) bond motifs is 1. The van der Waals surface area contributed by atoms with Crippen molar-refractivity contribution in [2.75, 3.05) is 18.4 Å². The molecule has 2 N–H and O–H groups in total. The van der Waals surface area contributed by atoms with Crippen molar-refractivity contribution in [1.82, 2.24) is 19.9 Å². The van der Waals surface area contributed by atoms with E-state index in [1.165, 1.54) is 10.9 Å². The van der Waals surface area contributed by atoms with Gasteiger partial charge in [0, 0.05) is 50.2 Å². The molecule has 0 unspecified atom stereocenters. The molecule has 1 aromatic carbocycles. The molecule has 0 aliphatic heterocycles. The van der Waals surface area contributed by atoms with Crippen LogP contribution < -0.4 is 10.6 Å². The van der Waals surface area contributed by atoms with Gasteiger partial charge in [0.2, 0.25) is 11.9 Å². The van der Waals surface area contributed by atoms with Gasteiger partial charge in [0.1, 0.15) is 0 Å². The summed E-state index contributed by atoms with van der Waals surface area (Å²) in [6.07, 6.45) is 6.67. The van der Waals surface area contributed by atoms with Gasteiger partial charge in [-0.25, -0.2) is 9.97 Å². The molecule has 6 heteroatoms. The fourth-order valence-corrected chi connectivity index (χ4v) is 2.58. The van der Waals surface area contributed by atoms with Crippen LogP contribution in [0.3, 0.4) is 0 Å². The Morgan fingerprint density at radius 1 is 1.04 bits per heavy atom. The molecule has 1 amide bonds. The molecule has 3 aromatic rings. The van der Waals surface area contributed by atoms with Crippen LogP contribution in [-0.4, -0.2) is 33.5 Å². The standard InChI is InChI=1S/C18H21N5O/c24-17(7-3-9-20-18-21-10-4-11-22-18)19-12-14-23-13-8-15-5-1-2-6-16(15)23/h1-2,4-6,8,10-11,13H,3,7,9,12,14H2,(H,19,24)(H,20,21,22). The SMILES string of the molecule is O=C(CCCNc1ncccn1)NCCn1ccc2ccccc21. The summed E-state index contributed by atoms with van der Waals surface area (Å²) < 4.78 is 2.16. The average molecular weight is 323 g/mol. The maximum Gasteiger partial charge on any atom is 0.222 e. The van der Waals surface area contributed by atoms with Crippen LogP contribution in [0.2, 0.25) is 0 Å². The summed E-state index contributed by atoms with van der Waals surface area (Å²) in [6, 6.07) is 12.1.